The number of hydrogen-bond acceptors (Lipinski definition) is 4. The second kappa shape index (κ2) is 5.10. The molecule has 0 bridgehead atoms. The minimum Gasteiger partial charge on any atom is -0.338 e. The largest absolute Gasteiger partial charge is 0.338 e. The zero-order valence-electron chi connectivity index (χ0n) is 9.16. The van der Waals surface area contributed by atoms with Crippen molar-refractivity contribution >= 4 is 0 Å². The third kappa shape index (κ3) is 3.10. The first-order chi connectivity index (χ1) is 6.63. The van der Waals surface area contributed by atoms with Crippen LogP contribution in [0.1, 0.15) is 51.4 Å². The smallest absolute Gasteiger partial charge is 0.243 e. The molecule has 0 aliphatic carbocycles. The van der Waals surface area contributed by atoms with Gasteiger partial charge in [0.25, 0.3) is 0 Å². The first-order valence-electron chi connectivity index (χ1n) is 5.21. The molecule has 1 aromatic heterocycles. The highest BCUT2D eigenvalue weighted by Crippen LogP contribution is 2.12. The highest BCUT2D eigenvalue weighted by molar-refractivity contribution is 4.91. The van der Waals surface area contributed by atoms with Gasteiger partial charge in [0.15, 0.2) is 5.82 Å². The summed E-state index contributed by atoms with van der Waals surface area (Å²) in [4.78, 5) is 4.25. The maximum absolute atomic E-state index is 5.77. The third-order valence-corrected chi connectivity index (χ3v) is 2.19. The summed E-state index contributed by atoms with van der Waals surface area (Å²) in [5, 5.41) is 3.89. The average molecular weight is 197 g/mol. The van der Waals surface area contributed by atoms with E-state index in [4.69, 9.17) is 10.3 Å². The van der Waals surface area contributed by atoms with Gasteiger partial charge in [0.1, 0.15) is 0 Å². The van der Waals surface area contributed by atoms with E-state index in [-0.39, 0.29) is 6.04 Å². The molecule has 0 fully saturated rings. The minimum absolute atomic E-state index is 0.115. The lowest BCUT2D eigenvalue weighted by Crippen LogP contribution is -2.09. The van der Waals surface area contributed by atoms with Gasteiger partial charge in [-0.05, 0) is 18.8 Å². The molecule has 2 N–H and O–H groups in total. The van der Waals surface area contributed by atoms with Crippen LogP contribution in [0.3, 0.4) is 0 Å². The molecule has 80 valence electrons. The maximum atomic E-state index is 5.77. The molecule has 0 saturated carbocycles. The summed E-state index contributed by atoms with van der Waals surface area (Å²) in [7, 11) is 0. The molecule has 1 aromatic rings. The molecule has 4 heteroatoms. The van der Waals surface area contributed by atoms with Crippen LogP contribution >= 0.6 is 0 Å². The molecule has 0 amide bonds. The second-order valence-electron chi connectivity index (χ2n) is 4.00. The molecule has 0 aromatic carbocycles. The van der Waals surface area contributed by atoms with Gasteiger partial charge in [-0.3, -0.25) is 0 Å². The van der Waals surface area contributed by atoms with E-state index in [1.165, 1.54) is 0 Å². The Morgan fingerprint density at radius 2 is 2.14 bits per heavy atom. The molecule has 0 saturated heterocycles. The van der Waals surface area contributed by atoms with Crippen molar-refractivity contribution in [1.29, 1.82) is 0 Å². The van der Waals surface area contributed by atoms with Gasteiger partial charge in [0, 0.05) is 6.42 Å². The third-order valence-electron chi connectivity index (χ3n) is 2.19. The highest BCUT2D eigenvalue weighted by Gasteiger charge is 2.12. The van der Waals surface area contributed by atoms with E-state index in [1.807, 2.05) is 6.92 Å². The van der Waals surface area contributed by atoms with Crippen LogP contribution in [0.25, 0.3) is 0 Å². The van der Waals surface area contributed by atoms with Gasteiger partial charge in [0.05, 0.1) is 6.04 Å². The zero-order chi connectivity index (χ0) is 10.6. The molecule has 1 atom stereocenters. The zero-order valence-corrected chi connectivity index (χ0v) is 9.16. The van der Waals surface area contributed by atoms with Crippen molar-refractivity contribution < 1.29 is 4.52 Å². The predicted molar refractivity (Wildman–Crippen MR) is 54.7 cm³/mol. The summed E-state index contributed by atoms with van der Waals surface area (Å²) >= 11 is 0. The van der Waals surface area contributed by atoms with Crippen LogP contribution in [-0.2, 0) is 6.42 Å². The Bertz CT molecular complexity index is 270. The molecule has 14 heavy (non-hydrogen) atoms. The molecule has 4 nitrogen and oxygen atoms in total. The fourth-order valence-electron chi connectivity index (χ4n) is 1.11. The van der Waals surface area contributed by atoms with Crippen molar-refractivity contribution in [3.05, 3.63) is 11.7 Å². The van der Waals surface area contributed by atoms with Crippen molar-refractivity contribution in [3.8, 4) is 0 Å². The lowest BCUT2D eigenvalue weighted by Gasteiger charge is -2.00. The Morgan fingerprint density at radius 1 is 1.43 bits per heavy atom. The van der Waals surface area contributed by atoms with Gasteiger partial charge in [-0.25, -0.2) is 0 Å². The fourth-order valence-corrected chi connectivity index (χ4v) is 1.11. The fraction of sp³-hybridized carbons (Fsp3) is 0.800. The van der Waals surface area contributed by atoms with E-state index in [0.29, 0.717) is 11.8 Å². The van der Waals surface area contributed by atoms with E-state index in [9.17, 15) is 0 Å². The molecule has 0 spiro atoms. The van der Waals surface area contributed by atoms with E-state index in [0.717, 1.165) is 25.1 Å². The Balaban J connectivity index is 2.50. The number of hydrogen-bond donors (Lipinski definition) is 1. The Kier molecular flexibility index (Phi) is 4.07. The van der Waals surface area contributed by atoms with Gasteiger partial charge in [-0.2, -0.15) is 4.98 Å². The van der Waals surface area contributed by atoms with Crippen LogP contribution in [-0.4, -0.2) is 10.1 Å². The SMILES string of the molecule is CCC(N)c1nc(CCC(C)C)no1. The van der Waals surface area contributed by atoms with E-state index in [1.54, 1.807) is 0 Å². The molecule has 0 aliphatic heterocycles. The molecular formula is C10H19N3O. The second-order valence-corrected chi connectivity index (χ2v) is 4.00. The summed E-state index contributed by atoms with van der Waals surface area (Å²) in [5.74, 6) is 2.00. The van der Waals surface area contributed by atoms with Crippen LogP contribution in [0.5, 0.6) is 0 Å². The van der Waals surface area contributed by atoms with Crippen molar-refractivity contribution in [3.63, 3.8) is 0 Å². The summed E-state index contributed by atoms with van der Waals surface area (Å²) in [6.45, 7) is 6.36. The Hall–Kier alpha value is -0.900. The molecule has 1 rings (SSSR count). The maximum Gasteiger partial charge on any atom is 0.243 e. The molecule has 1 heterocycles. The summed E-state index contributed by atoms with van der Waals surface area (Å²) in [5.41, 5.74) is 5.77. The number of nitrogens with two attached hydrogens (primary N) is 1. The Morgan fingerprint density at radius 3 is 2.71 bits per heavy atom. The minimum atomic E-state index is -0.115. The standard InChI is InChI=1S/C10H19N3O/c1-4-8(11)10-12-9(13-14-10)6-5-7(2)3/h7-8H,4-6,11H2,1-3H3. The van der Waals surface area contributed by atoms with Crippen molar-refractivity contribution in [2.45, 2.75) is 46.1 Å². The Labute approximate surface area is 84.9 Å². The van der Waals surface area contributed by atoms with E-state index < -0.39 is 0 Å². The van der Waals surface area contributed by atoms with Crippen molar-refractivity contribution in [2.75, 3.05) is 0 Å². The molecule has 1 unspecified atom stereocenters. The van der Waals surface area contributed by atoms with Gasteiger partial charge in [-0.15, -0.1) is 0 Å². The van der Waals surface area contributed by atoms with Crippen LogP contribution in [0.2, 0.25) is 0 Å². The number of aromatic nitrogens is 2. The van der Waals surface area contributed by atoms with Gasteiger partial charge >= 0.3 is 0 Å². The summed E-state index contributed by atoms with van der Waals surface area (Å²) < 4.78 is 5.06. The van der Waals surface area contributed by atoms with Crippen LogP contribution in [0.4, 0.5) is 0 Å². The first kappa shape index (κ1) is 11.2. The monoisotopic (exact) mass is 197 g/mol. The highest BCUT2D eigenvalue weighted by atomic mass is 16.5. The van der Waals surface area contributed by atoms with Crippen LogP contribution in [0, 0.1) is 5.92 Å². The lowest BCUT2D eigenvalue weighted by molar-refractivity contribution is 0.347. The number of aryl methyl sites for hydroxylation is 1. The summed E-state index contributed by atoms with van der Waals surface area (Å²) in [6, 6.07) is -0.115. The first-order valence-corrected chi connectivity index (χ1v) is 5.21. The van der Waals surface area contributed by atoms with E-state index >= 15 is 0 Å². The van der Waals surface area contributed by atoms with Crippen molar-refractivity contribution in [1.82, 2.24) is 10.1 Å². The number of rotatable bonds is 5. The lowest BCUT2D eigenvalue weighted by atomic mass is 10.1. The van der Waals surface area contributed by atoms with Gasteiger partial charge < -0.3 is 10.3 Å². The van der Waals surface area contributed by atoms with Crippen molar-refractivity contribution in [2.24, 2.45) is 11.7 Å². The van der Waals surface area contributed by atoms with Crippen LogP contribution < -0.4 is 5.73 Å². The number of nitrogens with zero attached hydrogens (tertiary/aromatic N) is 2. The molecule has 0 radical (unpaired) electrons. The summed E-state index contributed by atoms with van der Waals surface area (Å²) in [6.07, 6.45) is 2.78. The predicted octanol–water partition coefficient (Wildman–Crippen LogP) is 2.07. The topological polar surface area (TPSA) is 64.9 Å². The van der Waals surface area contributed by atoms with E-state index in [2.05, 4.69) is 24.0 Å². The normalized spacial score (nSPS) is 13.5. The molecule has 0 aliphatic rings. The molecular weight excluding hydrogens is 178 g/mol. The van der Waals surface area contributed by atoms with Gasteiger partial charge in [-0.1, -0.05) is 25.9 Å². The van der Waals surface area contributed by atoms with Crippen LogP contribution in [0.15, 0.2) is 4.52 Å². The quantitative estimate of drug-likeness (QED) is 0.784. The van der Waals surface area contributed by atoms with Gasteiger partial charge in [0.2, 0.25) is 5.89 Å². The average Bonchev–Trinajstić information content (AvgIpc) is 2.62.